The second-order valence-electron chi connectivity index (χ2n) is 5.79. The Labute approximate surface area is 155 Å². The summed E-state index contributed by atoms with van der Waals surface area (Å²) < 4.78 is 0. The van der Waals surface area contributed by atoms with E-state index >= 15 is 0 Å². The van der Waals surface area contributed by atoms with Crippen molar-refractivity contribution in [2.45, 2.75) is 26.2 Å². The lowest BCUT2D eigenvalue weighted by Crippen LogP contribution is -2.40. The molecule has 3 rings (SSSR count). The summed E-state index contributed by atoms with van der Waals surface area (Å²) in [6.45, 7) is 5.94. The largest absolute Gasteiger partial charge is 0.357 e. The van der Waals surface area contributed by atoms with Gasteiger partial charge in [-0.2, -0.15) is 0 Å². The van der Waals surface area contributed by atoms with Gasteiger partial charge in [0, 0.05) is 31.9 Å². The number of para-hydroxylation sites is 1. The Morgan fingerprint density at radius 1 is 1.22 bits per heavy atom. The zero-order valence-corrected chi connectivity index (χ0v) is 16.0. The number of halogens is 1. The van der Waals surface area contributed by atoms with Crippen LogP contribution in [0.3, 0.4) is 0 Å². The van der Waals surface area contributed by atoms with Crippen LogP contribution in [0.2, 0.25) is 0 Å². The smallest absolute Gasteiger partial charge is 0.248 e. The average molecular weight is 428 g/mol. The number of carbonyl (C=O) groups excluding carboxylic acids is 1. The minimum Gasteiger partial charge on any atom is -0.357 e. The predicted molar refractivity (Wildman–Crippen MR) is 105 cm³/mol. The molecule has 0 atom stereocenters. The molecule has 0 aromatic heterocycles. The van der Waals surface area contributed by atoms with Gasteiger partial charge in [0.15, 0.2) is 5.96 Å². The summed E-state index contributed by atoms with van der Waals surface area (Å²) in [5.41, 5.74) is 2.31. The van der Waals surface area contributed by atoms with E-state index in [-0.39, 0.29) is 36.4 Å². The standard InChI is InChI=1S/C17H24N4O.HI/c1-2-18-17(20-10-5-6-11-20)19-13-16(22)21-12-9-14-7-3-4-8-15(14)21;/h3-4,7-8H,2,5-6,9-13H2,1H3,(H,18,19);1H. The summed E-state index contributed by atoms with van der Waals surface area (Å²) in [4.78, 5) is 21.2. The average Bonchev–Trinajstić information content (AvgIpc) is 3.20. The van der Waals surface area contributed by atoms with Gasteiger partial charge >= 0.3 is 0 Å². The first-order valence-electron chi connectivity index (χ1n) is 8.21. The molecule has 23 heavy (non-hydrogen) atoms. The maximum atomic E-state index is 12.5. The lowest BCUT2D eigenvalue weighted by Gasteiger charge is -2.21. The lowest BCUT2D eigenvalue weighted by molar-refractivity contribution is -0.117. The molecular weight excluding hydrogens is 403 g/mol. The van der Waals surface area contributed by atoms with Gasteiger partial charge in [-0.25, -0.2) is 4.99 Å². The number of benzene rings is 1. The van der Waals surface area contributed by atoms with Crippen LogP contribution in [0.1, 0.15) is 25.3 Å². The fourth-order valence-electron chi connectivity index (χ4n) is 3.18. The van der Waals surface area contributed by atoms with Crippen molar-refractivity contribution < 1.29 is 4.79 Å². The number of fused-ring (bicyclic) bond motifs is 1. The quantitative estimate of drug-likeness (QED) is 0.457. The molecule has 2 heterocycles. The van der Waals surface area contributed by atoms with E-state index in [9.17, 15) is 4.79 Å². The van der Waals surface area contributed by atoms with Gasteiger partial charge in [0.25, 0.3) is 0 Å². The number of aliphatic imine (C=N–C) groups is 1. The van der Waals surface area contributed by atoms with Gasteiger partial charge in [-0.05, 0) is 37.8 Å². The Hall–Kier alpha value is -1.31. The van der Waals surface area contributed by atoms with Crippen molar-refractivity contribution >= 4 is 41.5 Å². The van der Waals surface area contributed by atoms with Crippen molar-refractivity contribution in [2.24, 2.45) is 4.99 Å². The zero-order chi connectivity index (χ0) is 15.4. The van der Waals surface area contributed by atoms with Crippen LogP contribution in [0.15, 0.2) is 29.3 Å². The normalized spacial score (nSPS) is 17.0. The summed E-state index contributed by atoms with van der Waals surface area (Å²) in [6, 6.07) is 8.14. The molecule has 0 bridgehead atoms. The summed E-state index contributed by atoms with van der Waals surface area (Å²) in [5.74, 6) is 0.959. The van der Waals surface area contributed by atoms with Gasteiger partial charge in [0.05, 0.1) is 0 Å². The monoisotopic (exact) mass is 428 g/mol. The fraction of sp³-hybridized carbons (Fsp3) is 0.529. The number of anilines is 1. The third-order valence-corrected chi connectivity index (χ3v) is 4.29. The molecule has 5 nitrogen and oxygen atoms in total. The third kappa shape index (κ3) is 4.16. The van der Waals surface area contributed by atoms with Crippen molar-refractivity contribution in [3.8, 4) is 0 Å². The number of nitrogens with zero attached hydrogens (tertiary/aromatic N) is 3. The molecule has 0 radical (unpaired) electrons. The van der Waals surface area contributed by atoms with Crippen molar-refractivity contribution in [1.29, 1.82) is 0 Å². The molecule has 1 N–H and O–H groups in total. The first kappa shape index (κ1) is 18.0. The minimum absolute atomic E-state index is 0. The van der Waals surface area contributed by atoms with Crippen LogP contribution >= 0.6 is 24.0 Å². The molecule has 1 aromatic rings. The van der Waals surface area contributed by atoms with E-state index < -0.39 is 0 Å². The number of amides is 1. The molecule has 1 saturated heterocycles. The Morgan fingerprint density at radius 2 is 1.96 bits per heavy atom. The molecule has 2 aliphatic rings. The summed E-state index contributed by atoms with van der Waals surface area (Å²) in [7, 11) is 0. The second-order valence-corrected chi connectivity index (χ2v) is 5.79. The molecule has 1 amide bonds. The van der Waals surface area contributed by atoms with Crippen molar-refractivity contribution in [2.75, 3.05) is 37.6 Å². The van der Waals surface area contributed by atoms with E-state index in [4.69, 9.17) is 0 Å². The summed E-state index contributed by atoms with van der Waals surface area (Å²) >= 11 is 0. The van der Waals surface area contributed by atoms with Gasteiger partial charge in [0.1, 0.15) is 6.54 Å². The first-order chi connectivity index (χ1) is 10.8. The number of guanidine groups is 1. The van der Waals surface area contributed by atoms with E-state index in [0.29, 0.717) is 0 Å². The molecule has 0 aliphatic carbocycles. The number of nitrogens with one attached hydrogen (secondary N) is 1. The predicted octanol–water partition coefficient (Wildman–Crippen LogP) is 2.26. The highest BCUT2D eigenvalue weighted by Gasteiger charge is 2.24. The van der Waals surface area contributed by atoms with Gasteiger partial charge in [-0.15, -0.1) is 24.0 Å². The summed E-state index contributed by atoms with van der Waals surface area (Å²) in [6.07, 6.45) is 3.35. The van der Waals surface area contributed by atoms with Crippen LogP contribution in [0.5, 0.6) is 0 Å². The highest BCUT2D eigenvalue weighted by Crippen LogP contribution is 2.27. The number of likely N-dealkylation sites (tertiary alicyclic amines) is 1. The van der Waals surface area contributed by atoms with Gasteiger partial charge in [-0.1, -0.05) is 18.2 Å². The van der Waals surface area contributed by atoms with Gasteiger partial charge < -0.3 is 15.1 Å². The maximum absolute atomic E-state index is 12.5. The van der Waals surface area contributed by atoms with E-state index in [2.05, 4.69) is 28.2 Å². The van der Waals surface area contributed by atoms with E-state index in [1.165, 1.54) is 18.4 Å². The van der Waals surface area contributed by atoms with Crippen molar-refractivity contribution in [3.63, 3.8) is 0 Å². The minimum atomic E-state index is 0. The van der Waals surface area contributed by atoms with Gasteiger partial charge in [0.2, 0.25) is 5.91 Å². The topological polar surface area (TPSA) is 47.9 Å². The molecule has 126 valence electrons. The Kier molecular flexibility index (Phi) is 6.68. The fourth-order valence-corrected chi connectivity index (χ4v) is 3.18. The molecule has 0 unspecified atom stereocenters. The Balaban J connectivity index is 0.00000192. The van der Waals surface area contributed by atoms with Crippen LogP contribution in [0.4, 0.5) is 5.69 Å². The van der Waals surface area contributed by atoms with Crippen LogP contribution in [-0.4, -0.2) is 49.5 Å². The highest BCUT2D eigenvalue weighted by molar-refractivity contribution is 14.0. The van der Waals surface area contributed by atoms with E-state index in [1.54, 1.807) is 0 Å². The van der Waals surface area contributed by atoms with Crippen LogP contribution < -0.4 is 10.2 Å². The van der Waals surface area contributed by atoms with Crippen molar-refractivity contribution in [3.05, 3.63) is 29.8 Å². The first-order valence-corrected chi connectivity index (χ1v) is 8.21. The summed E-state index contributed by atoms with van der Waals surface area (Å²) in [5, 5.41) is 3.29. The molecule has 0 spiro atoms. The van der Waals surface area contributed by atoms with Crippen molar-refractivity contribution in [1.82, 2.24) is 10.2 Å². The number of hydrogen-bond donors (Lipinski definition) is 1. The number of carbonyl (C=O) groups is 1. The lowest BCUT2D eigenvalue weighted by atomic mass is 10.2. The number of hydrogen-bond acceptors (Lipinski definition) is 2. The molecule has 0 saturated carbocycles. The van der Waals surface area contributed by atoms with E-state index in [1.807, 2.05) is 23.1 Å². The molecule has 6 heteroatoms. The number of rotatable bonds is 3. The molecular formula is C17H25IN4O. The highest BCUT2D eigenvalue weighted by atomic mass is 127. The Bertz CT molecular complexity index is 569. The molecule has 1 fully saturated rings. The van der Waals surface area contributed by atoms with Gasteiger partial charge in [-0.3, -0.25) is 4.79 Å². The molecule has 1 aromatic carbocycles. The van der Waals surface area contributed by atoms with Crippen LogP contribution in [0.25, 0.3) is 0 Å². The SMILES string of the molecule is CCNC(=NCC(=O)N1CCc2ccccc21)N1CCCC1.I. The maximum Gasteiger partial charge on any atom is 0.248 e. The van der Waals surface area contributed by atoms with Crippen LogP contribution in [-0.2, 0) is 11.2 Å². The Morgan fingerprint density at radius 3 is 2.70 bits per heavy atom. The molecule has 2 aliphatic heterocycles. The second kappa shape index (κ2) is 8.52. The van der Waals surface area contributed by atoms with E-state index in [0.717, 1.165) is 44.2 Å². The third-order valence-electron chi connectivity index (χ3n) is 4.29. The zero-order valence-electron chi connectivity index (χ0n) is 13.6. The van der Waals surface area contributed by atoms with Crippen LogP contribution in [0, 0.1) is 0 Å².